The molecule has 6 heteroatoms. The lowest BCUT2D eigenvalue weighted by molar-refractivity contribution is 0.0715. The lowest BCUT2D eigenvalue weighted by atomic mass is 10.0. The van der Waals surface area contributed by atoms with Gasteiger partial charge in [-0.1, -0.05) is 12.1 Å². The van der Waals surface area contributed by atoms with Crippen LogP contribution < -0.4 is 9.47 Å². The highest BCUT2D eigenvalue weighted by atomic mass is 19.1. The molecule has 1 aliphatic rings. The molecule has 0 radical (unpaired) electrons. The van der Waals surface area contributed by atoms with Gasteiger partial charge in [0.05, 0.1) is 26.4 Å². The number of β-amino-alcohol motifs (C(OH)–C–C–N with tert-alkyl or cyclic N) is 1. The third kappa shape index (κ3) is 3.44. The normalized spacial score (nSPS) is 19.8. The number of halogens is 1. The molecular weight excluding hydrogens is 325 g/mol. The van der Waals surface area contributed by atoms with Crippen LogP contribution in [-0.2, 0) is 0 Å². The van der Waals surface area contributed by atoms with Crippen molar-refractivity contribution in [2.45, 2.75) is 18.6 Å². The summed E-state index contributed by atoms with van der Waals surface area (Å²) in [6.07, 6.45) is -0.191. The van der Waals surface area contributed by atoms with Gasteiger partial charge in [0.1, 0.15) is 5.82 Å². The van der Waals surface area contributed by atoms with E-state index in [2.05, 4.69) is 0 Å². The van der Waals surface area contributed by atoms with E-state index in [0.29, 0.717) is 23.5 Å². The summed E-state index contributed by atoms with van der Waals surface area (Å²) in [6.45, 7) is 0.231. The molecular formula is C19H20FNO4. The molecule has 0 aromatic heterocycles. The highest BCUT2D eigenvalue weighted by Gasteiger charge is 2.36. The average Bonchev–Trinajstić information content (AvgIpc) is 3.02. The van der Waals surface area contributed by atoms with Crippen molar-refractivity contribution in [3.05, 3.63) is 59.4 Å². The Hall–Kier alpha value is -2.60. The summed E-state index contributed by atoms with van der Waals surface area (Å²) in [4.78, 5) is 14.6. The van der Waals surface area contributed by atoms with Crippen LogP contribution in [0.15, 0.2) is 42.5 Å². The summed E-state index contributed by atoms with van der Waals surface area (Å²) in [5.74, 6) is 0.453. The van der Waals surface area contributed by atoms with Gasteiger partial charge in [-0.3, -0.25) is 4.79 Å². The van der Waals surface area contributed by atoms with Crippen LogP contribution in [-0.4, -0.2) is 42.8 Å². The molecule has 0 bridgehead atoms. The Morgan fingerprint density at radius 3 is 2.44 bits per heavy atom. The third-order valence-electron chi connectivity index (χ3n) is 4.43. The van der Waals surface area contributed by atoms with Crippen molar-refractivity contribution < 1.29 is 23.8 Å². The number of amides is 1. The molecule has 1 heterocycles. The fourth-order valence-corrected chi connectivity index (χ4v) is 3.17. The van der Waals surface area contributed by atoms with Gasteiger partial charge < -0.3 is 19.5 Å². The second kappa shape index (κ2) is 7.11. The lowest BCUT2D eigenvalue weighted by Crippen LogP contribution is -2.31. The maximum absolute atomic E-state index is 13.2. The molecule has 1 amide bonds. The summed E-state index contributed by atoms with van der Waals surface area (Å²) in [6, 6.07) is 10.7. The predicted molar refractivity (Wildman–Crippen MR) is 90.3 cm³/mol. The number of aliphatic hydroxyl groups excluding tert-OH is 1. The van der Waals surface area contributed by atoms with Gasteiger partial charge in [0.25, 0.3) is 5.91 Å². The molecule has 2 atom stereocenters. The minimum Gasteiger partial charge on any atom is -0.493 e. The van der Waals surface area contributed by atoms with Crippen molar-refractivity contribution in [3.8, 4) is 11.5 Å². The van der Waals surface area contributed by atoms with E-state index >= 15 is 0 Å². The van der Waals surface area contributed by atoms with Crippen molar-refractivity contribution in [2.24, 2.45) is 0 Å². The van der Waals surface area contributed by atoms with Crippen molar-refractivity contribution in [2.75, 3.05) is 20.8 Å². The smallest absolute Gasteiger partial charge is 0.254 e. The van der Waals surface area contributed by atoms with Gasteiger partial charge in [-0.25, -0.2) is 4.39 Å². The molecule has 1 saturated heterocycles. The largest absolute Gasteiger partial charge is 0.493 e. The summed E-state index contributed by atoms with van der Waals surface area (Å²) in [5.41, 5.74) is 1.24. The van der Waals surface area contributed by atoms with Gasteiger partial charge in [-0.2, -0.15) is 0 Å². The van der Waals surface area contributed by atoms with Gasteiger partial charge in [0.15, 0.2) is 11.5 Å². The molecule has 1 fully saturated rings. The SMILES string of the molecule is COc1ccc(C(=O)N2C[C@@H](O)C[C@@H]2c2ccc(F)cc2)cc1OC. The number of ether oxygens (including phenoxy) is 2. The van der Waals surface area contributed by atoms with Crippen LogP contribution in [0.5, 0.6) is 11.5 Å². The van der Waals surface area contributed by atoms with E-state index in [0.717, 1.165) is 5.56 Å². The number of benzene rings is 2. The van der Waals surface area contributed by atoms with Crippen molar-refractivity contribution >= 4 is 5.91 Å². The van der Waals surface area contributed by atoms with E-state index in [-0.39, 0.29) is 24.3 Å². The maximum atomic E-state index is 13.2. The summed E-state index contributed by atoms with van der Waals surface area (Å²) in [7, 11) is 3.04. The average molecular weight is 345 g/mol. The third-order valence-corrected chi connectivity index (χ3v) is 4.43. The van der Waals surface area contributed by atoms with Crippen molar-refractivity contribution in [1.82, 2.24) is 4.90 Å². The topological polar surface area (TPSA) is 59.0 Å². The molecule has 5 nitrogen and oxygen atoms in total. The Labute approximate surface area is 145 Å². The van der Waals surface area contributed by atoms with Crippen LogP contribution in [0.4, 0.5) is 4.39 Å². The van der Waals surface area contributed by atoms with E-state index in [1.165, 1.54) is 26.4 Å². The molecule has 1 N–H and O–H groups in total. The Morgan fingerprint density at radius 2 is 1.80 bits per heavy atom. The van der Waals surface area contributed by atoms with Crippen LogP contribution in [0.3, 0.4) is 0 Å². The van der Waals surface area contributed by atoms with E-state index < -0.39 is 6.10 Å². The molecule has 25 heavy (non-hydrogen) atoms. The quantitative estimate of drug-likeness (QED) is 0.926. The number of carbonyl (C=O) groups is 1. The number of likely N-dealkylation sites (tertiary alicyclic amines) is 1. The first-order chi connectivity index (χ1) is 12.0. The Kier molecular flexibility index (Phi) is 4.90. The Morgan fingerprint density at radius 1 is 1.12 bits per heavy atom. The number of hydrogen-bond acceptors (Lipinski definition) is 4. The second-order valence-corrected chi connectivity index (χ2v) is 5.98. The first-order valence-corrected chi connectivity index (χ1v) is 8.00. The maximum Gasteiger partial charge on any atom is 0.254 e. The number of aliphatic hydroxyl groups is 1. The Balaban J connectivity index is 1.90. The minimum absolute atomic E-state index is 0.216. The van der Waals surface area contributed by atoms with Crippen molar-refractivity contribution in [3.63, 3.8) is 0 Å². The highest BCUT2D eigenvalue weighted by molar-refractivity contribution is 5.95. The van der Waals surface area contributed by atoms with Gasteiger partial charge in [0, 0.05) is 12.1 Å². The number of rotatable bonds is 4. The fraction of sp³-hybridized carbons (Fsp3) is 0.316. The Bertz CT molecular complexity index is 763. The van der Waals surface area contributed by atoms with Crippen LogP contribution >= 0.6 is 0 Å². The molecule has 1 aliphatic heterocycles. The van der Waals surface area contributed by atoms with Crippen LogP contribution in [0.2, 0.25) is 0 Å². The van der Waals surface area contributed by atoms with Gasteiger partial charge in [-0.05, 0) is 42.3 Å². The molecule has 2 aromatic carbocycles. The van der Waals surface area contributed by atoms with Gasteiger partial charge in [-0.15, -0.1) is 0 Å². The first-order valence-electron chi connectivity index (χ1n) is 8.00. The second-order valence-electron chi connectivity index (χ2n) is 5.98. The van der Waals surface area contributed by atoms with Crippen LogP contribution in [0.1, 0.15) is 28.4 Å². The van der Waals surface area contributed by atoms with Gasteiger partial charge in [0.2, 0.25) is 0 Å². The number of hydrogen-bond donors (Lipinski definition) is 1. The fourth-order valence-electron chi connectivity index (χ4n) is 3.17. The van der Waals surface area contributed by atoms with Crippen LogP contribution in [0.25, 0.3) is 0 Å². The first kappa shape index (κ1) is 17.2. The summed E-state index contributed by atoms with van der Waals surface area (Å²) >= 11 is 0. The van der Waals surface area contributed by atoms with E-state index in [4.69, 9.17) is 9.47 Å². The molecule has 132 valence electrons. The van der Waals surface area contributed by atoms with E-state index in [9.17, 15) is 14.3 Å². The number of methoxy groups -OCH3 is 2. The monoisotopic (exact) mass is 345 g/mol. The summed E-state index contributed by atoms with van der Waals surface area (Å²) < 4.78 is 23.6. The minimum atomic E-state index is -0.612. The van der Waals surface area contributed by atoms with Crippen molar-refractivity contribution in [1.29, 1.82) is 0 Å². The van der Waals surface area contributed by atoms with Gasteiger partial charge >= 0.3 is 0 Å². The molecule has 0 spiro atoms. The van der Waals surface area contributed by atoms with Crippen LogP contribution in [0, 0.1) is 5.82 Å². The summed E-state index contributed by atoms with van der Waals surface area (Å²) in [5, 5.41) is 10.1. The molecule has 3 rings (SSSR count). The molecule has 2 aromatic rings. The zero-order valence-electron chi connectivity index (χ0n) is 14.1. The standard InChI is InChI=1S/C19H20FNO4/c1-24-17-8-5-13(9-18(17)25-2)19(23)21-11-15(22)10-16(21)12-3-6-14(20)7-4-12/h3-9,15-16,22H,10-11H2,1-2H3/t15-,16+/m0/s1. The zero-order valence-corrected chi connectivity index (χ0v) is 14.1. The van der Waals surface area contributed by atoms with E-state index in [1.54, 1.807) is 35.2 Å². The zero-order chi connectivity index (χ0) is 18.0. The number of carbonyl (C=O) groups excluding carboxylic acids is 1. The van der Waals surface area contributed by atoms with E-state index in [1.807, 2.05) is 0 Å². The molecule has 0 saturated carbocycles. The lowest BCUT2D eigenvalue weighted by Gasteiger charge is -2.25. The highest BCUT2D eigenvalue weighted by Crippen LogP contribution is 2.35. The molecule has 0 aliphatic carbocycles. The molecule has 0 unspecified atom stereocenters. The number of nitrogens with zero attached hydrogens (tertiary/aromatic N) is 1. The predicted octanol–water partition coefficient (Wildman–Crippen LogP) is 2.79.